The largest absolute Gasteiger partial charge is 0.463 e. The van der Waals surface area contributed by atoms with Gasteiger partial charge < -0.3 is 10.4 Å². The number of carboxylic acid groups (broad SMARTS) is 1. The summed E-state index contributed by atoms with van der Waals surface area (Å²) in [5.41, 5.74) is 1.90. The van der Waals surface area contributed by atoms with Gasteiger partial charge in [-0.15, -0.1) is 0 Å². The van der Waals surface area contributed by atoms with Crippen LogP contribution in [0.3, 0.4) is 0 Å². The maximum Gasteiger partial charge on any atom is 0.432 e. The fraction of sp³-hybridized carbons (Fsp3) is 0.182. The van der Waals surface area contributed by atoms with Gasteiger partial charge >= 0.3 is 12.1 Å². The van der Waals surface area contributed by atoms with Crippen LogP contribution in [0.25, 0.3) is 16.6 Å². The van der Waals surface area contributed by atoms with Gasteiger partial charge in [-0.25, -0.2) is 14.3 Å². The normalized spacial score (nSPS) is 11.5. The van der Waals surface area contributed by atoms with Gasteiger partial charge in [0, 0.05) is 16.9 Å². The minimum atomic E-state index is -1.18. The summed E-state index contributed by atoms with van der Waals surface area (Å²) in [6, 6.07) is 11.3. The van der Waals surface area contributed by atoms with Crippen molar-refractivity contribution in [2.75, 3.05) is 10.6 Å². The van der Waals surface area contributed by atoms with Crippen LogP contribution in [0.15, 0.2) is 48.7 Å². The number of urea groups is 1. The third kappa shape index (κ3) is 4.50. The van der Waals surface area contributed by atoms with E-state index < -0.39 is 12.1 Å². The van der Waals surface area contributed by atoms with E-state index in [1.165, 1.54) is 6.20 Å². The van der Waals surface area contributed by atoms with Gasteiger partial charge in [-0.05, 0) is 30.3 Å². The molecule has 0 fully saturated rings. The van der Waals surface area contributed by atoms with Crippen molar-refractivity contribution in [1.82, 2.24) is 19.6 Å². The minimum Gasteiger partial charge on any atom is -0.463 e. The first-order valence-corrected chi connectivity index (χ1v) is 10.6. The van der Waals surface area contributed by atoms with E-state index in [9.17, 15) is 14.7 Å². The van der Waals surface area contributed by atoms with Gasteiger partial charge in [0.05, 0.1) is 38.8 Å². The van der Waals surface area contributed by atoms with Crippen LogP contribution in [0.1, 0.15) is 26.5 Å². The summed E-state index contributed by atoms with van der Waals surface area (Å²) in [5.74, 6) is 0.417. The second-order valence-electron chi connectivity index (χ2n) is 8.34. The van der Waals surface area contributed by atoms with Crippen LogP contribution in [0, 0.1) is 0 Å². The second-order valence-corrected chi connectivity index (χ2v) is 9.12. The first-order chi connectivity index (χ1) is 15.5. The summed E-state index contributed by atoms with van der Waals surface area (Å²) >= 11 is 12.2. The van der Waals surface area contributed by atoms with Crippen LogP contribution in [-0.4, -0.2) is 36.8 Å². The molecule has 2 amide bonds. The number of carbonyl (C=O) groups excluding carboxylic acids is 1. The predicted molar refractivity (Wildman–Crippen MR) is 128 cm³/mol. The van der Waals surface area contributed by atoms with E-state index in [0.717, 1.165) is 10.4 Å². The van der Waals surface area contributed by atoms with Gasteiger partial charge in [-0.3, -0.25) is 5.32 Å². The number of fused-ring (bicyclic) bond motifs is 1. The van der Waals surface area contributed by atoms with Crippen LogP contribution in [0.5, 0.6) is 0 Å². The Bertz CT molecular complexity index is 1390. The molecule has 11 heteroatoms. The Hall–Kier alpha value is -3.56. The molecule has 0 aliphatic carbocycles. The van der Waals surface area contributed by atoms with Crippen LogP contribution >= 0.6 is 23.2 Å². The molecule has 0 radical (unpaired) electrons. The summed E-state index contributed by atoms with van der Waals surface area (Å²) in [7, 11) is 0. The molecule has 0 unspecified atom stereocenters. The first-order valence-electron chi connectivity index (χ1n) is 9.88. The van der Waals surface area contributed by atoms with Crippen molar-refractivity contribution in [2.24, 2.45) is 0 Å². The number of hydrogen-bond donors (Lipinski definition) is 3. The summed E-state index contributed by atoms with van der Waals surface area (Å²) in [4.78, 5) is 24.1. The Balaban J connectivity index is 1.71. The molecule has 33 heavy (non-hydrogen) atoms. The zero-order chi connectivity index (χ0) is 23.9. The lowest BCUT2D eigenvalue weighted by Gasteiger charge is -2.14. The average Bonchev–Trinajstić information content (AvgIpc) is 3.35. The number of amides is 2. The predicted octanol–water partition coefficient (Wildman–Crippen LogP) is 6.00. The lowest BCUT2D eigenvalue weighted by molar-refractivity contribution is 0.194. The van der Waals surface area contributed by atoms with Crippen molar-refractivity contribution in [3.63, 3.8) is 0 Å². The smallest absolute Gasteiger partial charge is 0.432 e. The maximum absolute atomic E-state index is 12.7. The quantitative estimate of drug-likeness (QED) is 0.328. The van der Waals surface area contributed by atoms with Crippen molar-refractivity contribution in [1.29, 1.82) is 0 Å². The van der Waals surface area contributed by atoms with E-state index in [1.54, 1.807) is 47.1 Å². The van der Waals surface area contributed by atoms with Gasteiger partial charge in [0.25, 0.3) is 0 Å². The molecule has 9 nitrogen and oxygen atoms in total. The molecule has 2 aromatic heterocycles. The Morgan fingerprint density at radius 1 is 1.06 bits per heavy atom. The molecule has 2 heterocycles. The molecular formula is C22H20Cl2N6O3. The molecule has 0 aliphatic rings. The van der Waals surface area contributed by atoms with Gasteiger partial charge in [0.15, 0.2) is 0 Å². The van der Waals surface area contributed by atoms with Crippen molar-refractivity contribution in [3.8, 4) is 5.69 Å². The molecule has 0 saturated carbocycles. The fourth-order valence-corrected chi connectivity index (χ4v) is 3.56. The number of rotatable bonds is 3. The topological polar surface area (TPSA) is 114 Å². The van der Waals surface area contributed by atoms with Crippen molar-refractivity contribution < 1.29 is 14.7 Å². The Morgan fingerprint density at radius 2 is 1.82 bits per heavy atom. The highest BCUT2D eigenvalue weighted by molar-refractivity contribution is 6.44. The van der Waals surface area contributed by atoms with Crippen molar-refractivity contribution >= 4 is 57.7 Å². The van der Waals surface area contributed by atoms with Gasteiger partial charge in [-0.1, -0.05) is 50.0 Å². The fourth-order valence-electron chi connectivity index (χ4n) is 3.21. The van der Waals surface area contributed by atoms with Crippen molar-refractivity contribution in [3.05, 3.63) is 64.4 Å². The number of aromatic nitrogens is 4. The molecule has 0 aliphatic heterocycles. The standard InChI is InChI=1S/C22H20Cl2N6O3/c1-22(2,3)17-10-18(27-20(31)26-15-6-4-5-14(23)19(15)24)29(28-17)13-7-8-16-12(9-13)11-25-30(16)21(32)33/h4-11H,1-3H3,(H,32,33)(H2,26,27,31). The van der Waals surface area contributed by atoms with Crippen LogP contribution in [0.2, 0.25) is 10.0 Å². The lowest BCUT2D eigenvalue weighted by Crippen LogP contribution is -2.21. The Morgan fingerprint density at radius 3 is 2.52 bits per heavy atom. The molecule has 4 aromatic rings. The van der Waals surface area contributed by atoms with E-state index in [4.69, 9.17) is 23.2 Å². The Kier molecular flexibility index (Phi) is 5.77. The minimum absolute atomic E-state index is 0.235. The highest BCUT2D eigenvalue weighted by Crippen LogP contribution is 2.31. The van der Waals surface area contributed by atoms with E-state index in [1.807, 2.05) is 20.8 Å². The molecule has 0 atom stereocenters. The first kappa shape index (κ1) is 22.6. The van der Waals surface area contributed by atoms with E-state index in [0.29, 0.717) is 33.1 Å². The molecule has 0 spiro atoms. The summed E-state index contributed by atoms with van der Waals surface area (Å²) < 4.78 is 2.47. The zero-order valence-electron chi connectivity index (χ0n) is 17.9. The molecule has 0 bridgehead atoms. The lowest BCUT2D eigenvalue weighted by atomic mass is 9.92. The highest BCUT2D eigenvalue weighted by atomic mass is 35.5. The molecule has 0 saturated heterocycles. The van der Waals surface area contributed by atoms with Gasteiger partial charge in [0.1, 0.15) is 5.82 Å². The van der Waals surface area contributed by atoms with Crippen LogP contribution in [0.4, 0.5) is 21.1 Å². The molecule has 170 valence electrons. The van der Waals surface area contributed by atoms with Crippen LogP contribution in [-0.2, 0) is 5.41 Å². The Labute approximate surface area is 198 Å². The maximum atomic E-state index is 12.7. The number of anilines is 2. The summed E-state index contributed by atoms with van der Waals surface area (Å²) in [5, 5.41) is 24.5. The molecule has 2 aromatic carbocycles. The third-order valence-corrected chi connectivity index (χ3v) is 5.72. The number of halogens is 2. The molecular weight excluding hydrogens is 467 g/mol. The zero-order valence-corrected chi connectivity index (χ0v) is 19.4. The number of nitrogens with zero attached hydrogens (tertiary/aromatic N) is 4. The number of hydrogen-bond acceptors (Lipinski definition) is 4. The third-order valence-electron chi connectivity index (χ3n) is 4.90. The monoisotopic (exact) mass is 486 g/mol. The molecule has 4 rings (SSSR count). The average molecular weight is 487 g/mol. The number of nitrogens with one attached hydrogen (secondary N) is 2. The SMILES string of the molecule is CC(C)(C)c1cc(NC(=O)Nc2cccc(Cl)c2Cl)n(-c2ccc3c(cnn3C(=O)O)c2)n1. The van der Waals surface area contributed by atoms with E-state index in [2.05, 4.69) is 20.8 Å². The van der Waals surface area contributed by atoms with E-state index in [-0.39, 0.29) is 10.4 Å². The molecule has 3 N–H and O–H groups in total. The van der Waals surface area contributed by atoms with E-state index >= 15 is 0 Å². The van der Waals surface area contributed by atoms with Crippen molar-refractivity contribution in [2.45, 2.75) is 26.2 Å². The summed E-state index contributed by atoms with van der Waals surface area (Å²) in [6.45, 7) is 6.03. The highest BCUT2D eigenvalue weighted by Gasteiger charge is 2.22. The van der Waals surface area contributed by atoms with Gasteiger partial charge in [0.2, 0.25) is 0 Å². The summed E-state index contributed by atoms with van der Waals surface area (Å²) in [6.07, 6.45) is 0.285. The second kappa shape index (κ2) is 8.42. The number of benzene rings is 2. The van der Waals surface area contributed by atoms with Gasteiger partial charge in [-0.2, -0.15) is 14.9 Å². The number of carbonyl (C=O) groups is 2. The van der Waals surface area contributed by atoms with Crippen LogP contribution < -0.4 is 10.6 Å².